The van der Waals surface area contributed by atoms with E-state index in [2.05, 4.69) is 264 Å². The molecule has 0 unspecified atom stereocenters. The maximum absolute atomic E-state index is 13.3. The first-order valence-electron chi connectivity index (χ1n) is 32.8. The van der Waals surface area contributed by atoms with Gasteiger partial charge >= 0.3 is 0 Å². The minimum atomic E-state index is 0.263. The van der Waals surface area contributed by atoms with Crippen LogP contribution in [0.4, 0.5) is 34.1 Å². The van der Waals surface area contributed by atoms with E-state index in [1.807, 2.05) is 0 Å². The molecule has 13 aromatic rings. The van der Waals surface area contributed by atoms with Crippen LogP contribution in [0.15, 0.2) is 217 Å². The number of aryl methyl sites for hydroxylation is 2. The summed E-state index contributed by atoms with van der Waals surface area (Å²) in [6.07, 6.45) is 11.3. The standard InChI is InChI=1S/C84H78N2O2/c1-7-54-23-17-31-60(47-54)85(76-41-21-37-65(82(76)87)59-30-19-29-58(49-59)64-35-15-13-33-62(64)52(3)4)78-50-74(56-25-9-10-26-56)67-44-46-73-79(51-75(57-27-11-12-28-57)68-43-45-72(78)80(67)81(68)73)86(61-32-18-24-55(8-2)48-61)77-42-22-40-71-70-39-20-38-69(83(70)88-84(71)77)66-36-16-14-34-63(66)53(5)6/h13-24,29-53,56-57,87H,7-12,25-28H2,1-6H3. The summed E-state index contributed by atoms with van der Waals surface area (Å²) < 4.78 is 7.47. The third-order valence-electron chi connectivity index (χ3n) is 20.1. The number of furan rings is 1. The monoisotopic (exact) mass is 1150 g/mol. The summed E-state index contributed by atoms with van der Waals surface area (Å²) in [4.78, 5) is 4.95. The van der Waals surface area contributed by atoms with Crippen LogP contribution >= 0.6 is 0 Å². The maximum Gasteiger partial charge on any atom is 0.159 e. The Kier molecular flexibility index (Phi) is 14.4. The van der Waals surface area contributed by atoms with Gasteiger partial charge in [-0.1, -0.05) is 225 Å². The zero-order valence-electron chi connectivity index (χ0n) is 51.8. The predicted molar refractivity (Wildman–Crippen MR) is 374 cm³/mol. The Balaban J connectivity index is 1.01. The lowest BCUT2D eigenvalue weighted by atomic mass is 9.82. The average Bonchev–Trinajstić information content (AvgIpc) is 1.01. The summed E-state index contributed by atoms with van der Waals surface area (Å²) in [6, 6.07) is 79.4. The van der Waals surface area contributed by atoms with Crippen molar-refractivity contribution in [3.63, 3.8) is 0 Å². The van der Waals surface area contributed by atoms with Gasteiger partial charge in [-0.25, -0.2) is 0 Å². The van der Waals surface area contributed by atoms with Crippen molar-refractivity contribution in [2.75, 3.05) is 9.80 Å². The topological polar surface area (TPSA) is 39.9 Å². The number of para-hydroxylation sites is 3. The van der Waals surface area contributed by atoms with Gasteiger partial charge in [-0.3, -0.25) is 0 Å². The van der Waals surface area contributed by atoms with E-state index in [4.69, 9.17) is 4.42 Å². The van der Waals surface area contributed by atoms with Crippen LogP contribution in [0.1, 0.15) is 150 Å². The van der Waals surface area contributed by atoms with Crippen molar-refractivity contribution in [1.29, 1.82) is 0 Å². The molecule has 0 atom stereocenters. The molecule has 4 heteroatoms. The number of anilines is 6. The van der Waals surface area contributed by atoms with Crippen molar-refractivity contribution in [3.8, 4) is 39.1 Å². The van der Waals surface area contributed by atoms with Gasteiger partial charge < -0.3 is 19.3 Å². The number of phenols is 1. The molecule has 0 bridgehead atoms. The lowest BCUT2D eigenvalue weighted by molar-refractivity contribution is 0.478. The molecule has 1 N–H and O–H groups in total. The number of phenolic OH excluding ortho intramolecular Hbond substituents is 1. The molecule has 15 rings (SSSR count). The van der Waals surface area contributed by atoms with Crippen LogP contribution in [0.2, 0.25) is 0 Å². The normalized spacial score (nSPS) is 14.1. The van der Waals surface area contributed by atoms with Crippen molar-refractivity contribution < 1.29 is 9.52 Å². The molecule has 0 radical (unpaired) electrons. The molecule has 2 fully saturated rings. The van der Waals surface area contributed by atoms with E-state index in [0.29, 0.717) is 23.7 Å². The number of fused-ring (bicyclic) bond motifs is 3. The number of rotatable bonds is 15. The first-order valence-corrected chi connectivity index (χ1v) is 32.8. The predicted octanol–water partition coefficient (Wildman–Crippen LogP) is 24.8. The molecular weight excluding hydrogens is 1070 g/mol. The molecule has 0 spiro atoms. The van der Waals surface area contributed by atoms with Gasteiger partial charge in [-0.05, 0) is 194 Å². The van der Waals surface area contributed by atoms with Gasteiger partial charge in [0.25, 0.3) is 0 Å². The highest BCUT2D eigenvalue weighted by Crippen LogP contribution is 2.56. The number of aromatic hydroxyl groups is 1. The minimum Gasteiger partial charge on any atom is -0.505 e. The Morgan fingerprint density at radius 3 is 1.41 bits per heavy atom. The van der Waals surface area contributed by atoms with Crippen molar-refractivity contribution >= 4 is 88.4 Å². The van der Waals surface area contributed by atoms with Gasteiger partial charge in [0.15, 0.2) is 5.58 Å². The second kappa shape index (κ2) is 22.9. The van der Waals surface area contributed by atoms with Gasteiger partial charge in [0.1, 0.15) is 11.3 Å². The molecule has 2 aliphatic rings. The van der Waals surface area contributed by atoms with E-state index in [1.165, 1.54) is 108 Å². The Morgan fingerprint density at radius 2 is 0.830 bits per heavy atom. The summed E-state index contributed by atoms with van der Waals surface area (Å²) in [7, 11) is 0. The summed E-state index contributed by atoms with van der Waals surface area (Å²) in [5.41, 5.74) is 22.5. The number of hydrogen-bond donors (Lipinski definition) is 1. The minimum absolute atomic E-state index is 0.263. The van der Waals surface area contributed by atoms with E-state index in [0.717, 1.165) is 111 Å². The van der Waals surface area contributed by atoms with Gasteiger partial charge in [0.05, 0.1) is 22.7 Å². The van der Waals surface area contributed by atoms with Gasteiger partial charge in [0, 0.05) is 44.0 Å². The molecule has 0 amide bonds. The van der Waals surface area contributed by atoms with E-state index in [-0.39, 0.29) is 5.75 Å². The van der Waals surface area contributed by atoms with Crippen LogP contribution in [0.25, 0.3) is 87.6 Å². The zero-order chi connectivity index (χ0) is 59.7. The molecule has 88 heavy (non-hydrogen) atoms. The highest BCUT2D eigenvalue weighted by molar-refractivity contribution is 6.30. The average molecular weight is 1150 g/mol. The van der Waals surface area contributed by atoms with Crippen molar-refractivity contribution in [2.45, 2.75) is 129 Å². The lowest BCUT2D eigenvalue weighted by Gasteiger charge is -2.32. The fourth-order valence-electron chi connectivity index (χ4n) is 15.7. The maximum atomic E-state index is 13.3. The highest BCUT2D eigenvalue weighted by atomic mass is 16.3. The third kappa shape index (κ3) is 9.41. The van der Waals surface area contributed by atoms with Crippen LogP contribution in [0.5, 0.6) is 5.75 Å². The summed E-state index contributed by atoms with van der Waals surface area (Å²) in [5, 5.41) is 23.2. The van der Waals surface area contributed by atoms with E-state index >= 15 is 0 Å². The van der Waals surface area contributed by atoms with Crippen molar-refractivity contribution in [2.24, 2.45) is 0 Å². The number of benzene rings is 12. The SMILES string of the molecule is CCc1cccc(N(c2cccc(-c3cccc(-c4ccccc4C(C)C)c3)c2O)c2cc(C3CCCC3)c3ccc4c(N(c5cccc(CC)c5)c5cccc6c5oc5c(-c7ccccc7C(C)C)cccc56)cc(C5CCCC5)c5ccc2c3c54)c1. The summed E-state index contributed by atoms with van der Waals surface area (Å²) >= 11 is 0. The Morgan fingerprint density at radius 1 is 0.386 bits per heavy atom. The van der Waals surface area contributed by atoms with Crippen molar-refractivity contribution in [1.82, 2.24) is 0 Å². The molecule has 436 valence electrons. The molecule has 2 saturated carbocycles. The Labute approximate surface area is 519 Å². The second-order valence-electron chi connectivity index (χ2n) is 25.9. The quantitative estimate of drug-likeness (QED) is 0.104. The number of hydrogen-bond acceptors (Lipinski definition) is 4. The van der Waals surface area contributed by atoms with Crippen LogP contribution in [0.3, 0.4) is 0 Å². The van der Waals surface area contributed by atoms with Gasteiger partial charge in [-0.2, -0.15) is 0 Å². The molecule has 12 aromatic carbocycles. The van der Waals surface area contributed by atoms with Crippen LogP contribution in [-0.2, 0) is 12.8 Å². The molecule has 1 aromatic heterocycles. The van der Waals surface area contributed by atoms with E-state index < -0.39 is 0 Å². The van der Waals surface area contributed by atoms with Gasteiger partial charge in [0.2, 0.25) is 0 Å². The van der Waals surface area contributed by atoms with Crippen LogP contribution in [-0.4, -0.2) is 5.11 Å². The zero-order valence-corrected chi connectivity index (χ0v) is 51.8. The first-order chi connectivity index (χ1) is 43.1. The fourth-order valence-corrected chi connectivity index (χ4v) is 15.7. The van der Waals surface area contributed by atoms with E-state index in [9.17, 15) is 5.11 Å². The third-order valence-corrected chi connectivity index (χ3v) is 20.1. The molecule has 2 aliphatic carbocycles. The second-order valence-corrected chi connectivity index (χ2v) is 25.9. The Bertz CT molecular complexity index is 4780. The summed E-state index contributed by atoms with van der Waals surface area (Å²) in [6.45, 7) is 13.6. The fraction of sp³-hybridized carbons (Fsp3) is 0.238. The first kappa shape index (κ1) is 55.5. The molecule has 0 saturated heterocycles. The highest BCUT2D eigenvalue weighted by Gasteiger charge is 2.32. The summed E-state index contributed by atoms with van der Waals surface area (Å²) in [5.74, 6) is 1.79. The smallest absolute Gasteiger partial charge is 0.159 e. The molecule has 4 nitrogen and oxygen atoms in total. The van der Waals surface area contributed by atoms with Crippen LogP contribution in [0, 0.1) is 0 Å². The van der Waals surface area contributed by atoms with Crippen LogP contribution < -0.4 is 9.80 Å². The number of nitrogens with zero attached hydrogens (tertiary/aromatic N) is 2. The van der Waals surface area contributed by atoms with Gasteiger partial charge in [-0.15, -0.1) is 0 Å². The molecule has 1 heterocycles. The van der Waals surface area contributed by atoms with Crippen molar-refractivity contribution in [3.05, 3.63) is 246 Å². The molecule has 0 aliphatic heterocycles. The lowest BCUT2D eigenvalue weighted by Crippen LogP contribution is -2.14. The van der Waals surface area contributed by atoms with E-state index in [1.54, 1.807) is 0 Å². The molecular formula is C84H78N2O2. The largest absolute Gasteiger partial charge is 0.505 e. The Hall–Kier alpha value is -9.12.